The molecule has 0 atom stereocenters. The summed E-state index contributed by atoms with van der Waals surface area (Å²) in [4.78, 5) is 0. The Balaban J connectivity index is 0.000000307. The first-order valence-corrected chi connectivity index (χ1v) is 9.25. The molecule has 2 aromatic rings. The van der Waals surface area contributed by atoms with E-state index < -0.39 is 0 Å². The molecular formula is C20H22O2S2Zr. The van der Waals surface area contributed by atoms with E-state index in [1.54, 1.807) is 12.1 Å². The van der Waals surface area contributed by atoms with Gasteiger partial charge < -0.3 is 10.2 Å². The summed E-state index contributed by atoms with van der Waals surface area (Å²) < 4.78 is 0. The van der Waals surface area contributed by atoms with Gasteiger partial charge >= 0.3 is 26.2 Å². The van der Waals surface area contributed by atoms with Gasteiger partial charge in [-0.25, -0.2) is 24.3 Å². The molecule has 130 valence electrons. The van der Waals surface area contributed by atoms with Gasteiger partial charge in [0.2, 0.25) is 0 Å². The predicted molar refractivity (Wildman–Crippen MR) is 105 cm³/mol. The monoisotopic (exact) mass is 448 g/mol. The van der Waals surface area contributed by atoms with Gasteiger partial charge in [-0.1, -0.05) is 0 Å². The minimum absolute atomic E-state index is 0. The molecule has 0 amide bonds. The summed E-state index contributed by atoms with van der Waals surface area (Å²) in [6, 6.07) is 3.48. The van der Waals surface area contributed by atoms with E-state index in [1.807, 2.05) is 48.9 Å². The third-order valence-electron chi connectivity index (χ3n) is 2.61. The molecule has 2 N–H and O–H groups in total. The van der Waals surface area contributed by atoms with Crippen molar-refractivity contribution < 1.29 is 36.4 Å². The fourth-order valence-corrected chi connectivity index (χ4v) is 2.77. The van der Waals surface area contributed by atoms with Gasteiger partial charge in [-0.05, 0) is 47.9 Å². The molecule has 0 radical (unpaired) electrons. The number of hydrogen-bond donors (Lipinski definition) is 2. The third kappa shape index (κ3) is 13.8. The average Bonchev–Trinajstić information content (AvgIpc) is 3.31. The van der Waals surface area contributed by atoms with Crippen LogP contribution >= 0.6 is 22.7 Å². The Morgan fingerprint density at radius 1 is 0.800 bits per heavy atom. The Morgan fingerprint density at radius 2 is 1.20 bits per heavy atom. The van der Waals surface area contributed by atoms with Gasteiger partial charge in [0.15, 0.2) is 10.1 Å². The first-order valence-electron chi connectivity index (χ1n) is 7.49. The van der Waals surface area contributed by atoms with E-state index in [9.17, 15) is 0 Å². The summed E-state index contributed by atoms with van der Waals surface area (Å²) in [5, 5.41) is 22.0. The van der Waals surface area contributed by atoms with Crippen molar-refractivity contribution in [1.82, 2.24) is 0 Å². The molecule has 4 rings (SSSR count). The summed E-state index contributed by atoms with van der Waals surface area (Å²) >= 11 is 2.72. The minimum atomic E-state index is 0. The Labute approximate surface area is 177 Å². The van der Waals surface area contributed by atoms with E-state index in [4.69, 9.17) is 10.2 Å². The molecule has 0 saturated carbocycles. The number of aromatic hydroxyl groups is 2. The van der Waals surface area contributed by atoms with Crippen LogP contribution in [0.2, 0.25) is 0 Å². The number of hydrogen-bond acceptors (Lipinski definition) is 4. The van der Waals surface area contributed by atoms with Gasteiger partial charge in [-0.2, -0.15) is 12.2 Å². The maximum absolute atomic E-state index is 8.67. The number of allylic oxidation sites excluding steroid dienone is 8. The second kappa shape index (κ2) is 15.1. The first-order chi connectivity index (χ1) is 11.6. The van der Waals surface area contributed by atoms with Crippen LogP contribution in [-0.2, 0) is 26.2 Å². The van der Waals surface area contributed by atoms with E-state index >= 15 is 0 Å². The van der Waals surface area contributed by atoms with Crippen molar-refractivity contribution in [1.29, 1.82) is 0 Å². The second-order valence-electron chi connectivity index (χ2n) is 4.93. The quantitative estimate of drug-likeness (QED) is 0.475. The van der Waals surface area contributed by atoms with Gasteiger partial charge in [-0.3, -0.25) is 12.2 Å². The topological polar surface area (TPSA) is 40.5 Å². The molecule has 5 heteroatoms. The SMILES string of the molecule is Cc1csc(O)c1.Cc1csc(O)c1.[C-]1=CC=CC1.[C-]1=CC=CC1.[Zr+2]. The van der Waals surface area contributed by atoms with Crippen LogP contribution in [0.1, 0.15) is 24.0 Å². The van der Waals surface area contributed by atoms with Crippen LogP contribution in [-0.4, -0.2) is 10.2 Å². The molecule has 0 unspecified atom stereocenters. The molecule has 2 aliphatic rings. The molecule has 0 bridgehead atoms. The Bertz CT molecular complexity index is 581. The van der Waals surface area contributed by atoms with Crippen LogP contribution < -0.4 is 0 Å². The third-order valence-corrected chi connectivity index (χ3v) is 4.30. The van der Waals surface area contributed by atoms with Gasteiger partial charge in [0, 0.05) is 0 Å². The van der Waals surface area contributed by atoms with E-state index in [0.29, 0.717) is 10.1 Å². The van der Waals surface area contributed by atoms with Crippen molar-refractivity contribution in [3.63, 3.8) is 0 Å². The van der Waals surface area contributed by atoms with E-state index in [2.05, 4.69) is 24.3 Å². The maximum atomic E-state index is 8.67. The first kappa shape index (κ1) is 23.8. The summed E-state index contributed by atoms with van der Waals surface area (Å²) in [5.41, 5.74) is 2.25. The van der Waals surface area contributed by atoms with Crippen LogP contribution in [0.5, 0.6) is 10.1 Å². The zero-order chi connectivity index (χ0) is 17.6. The van der Waals surface area contributed by atoms with Gasteiger partial charge in [0.05, 0.1) is 0 Å². The Morgan fingerprint density at radius 3 is 1.28 bits per heavy atom. The fraction of sp³-hybridized carbons (Fsp3) is 0.200. The molecule has 2 nitrogen and oxygen atoms in total. The number of thiophene rings is 2. The van der Waals surface area contributed by atoms with Crippen molar-refractivity contribution in [2.24, 2.45) is 0 Å². The van der Waals surface area contributed by atoms with Crippen molar-refractivity contribution >= 4 is 22.7 Å². The molecule has 25 heavy (non-hydrogen) atoms. The molecule has 0 spiro atoms. The van der Waals surface area contributed by atoms with Crippen molar-refractivity contribution in [3.05, 3.63) is 82.6 Å². The molecule has 0 aliphatic heterocycles. The van der Waals surface area contributed by atoms with Crippen molar-refractivity contribution in [2.75, 3.05) is 0 Å². The molecule has 0 aromatic carbocycles. The predicted octanol–water partition coefficient (Wildman–Crippen LogP) is 6.13. The minimum Gasteiger partial charge on any atom is -0.499 e. The normalized spacial score (nSPS) is 12.2. The Hall–Kier alpha value is -1.16. The fourth-order valence-electron chi connectivity index (χ4n) is 1.51. The molecule has 2 aromatic heterocycles. The summed E-state index contributed by atoms with van der Waals surface area (Å²) in [6.07, 6.45) is 20.0. The second-order valence-corrected chi connectivity index (χ2v) is 6.71. The van der Waals surface area contributed by atoms with E-state index in [-0.39, 0.29) is 26.2 Å². The van der Waals surface area contributed by atoms with Gasteiger partial charge in [0.25, 0.3) is 0 Å². The molecule has 0 fully saturated rings. The standard InChI is InChI=1S/2C5H6OS.2C5H5.Zr/c2*1-4-2-5(6)7-3-4;2*1-2-4-5-3-1;/h2*2-3,6H,1H3;2*1-3H,4H2;/q;;2*-1;+2. The van der Waals surface area contributed by atoms with E-state index in [0.717, 1.165) is 24.0 Å². The average molecular weight is 450 g/mol. The van der Waals surface area contributed by atoms with Crippen LogP contribution in [0.25, 0.3) is 0 Å². The van der Waals surface area contributed by atoms with Gasteiger partial charge in [0.1, 0.15) is 0 Å². The smallest absolute Gasteiger partial charge is 0.499 e. The van der Waals surface area contributed by atoms with Crippen LogP contribution in [0.3, 0.4) is 0 Å². The molecule has 2 aliphatic carbocycles. The van der Waals surface area contributed by atoms with Crippen molar-refractivity contribution in [2.45, 2.75) is 26.7 Å². The molecule has 2 heterocycles. The Kier molecular flexibility index (Phi) is 14.4. The van der Waals surface area contributed by atoms with Crippen molar-refractivity contribution in [3.8, 4) is 10.1 Å². The summed E-state index contributed by atoms with van der Waals surface area (Å²) in [6.45, 7) is 3.91. The van der Waals surface area contributed by atoms with Crippen LogP contribution in [0.15, 0.2) is 59.3 Å². The number of rotatable bonds is 0. The van der Waals surface area contributed by atoms with Crippen LogP contribution in [0, 0.1) is 26.0 Å². The number of aryl methyl sites for hydroxylation is 2. The van der Waals surface area contributed by atoms with Crippen LogP contribution in [0.4, 0.5) is 0 Å². The molecule has 0 saturated heterocycles. The van der Waals surface area contributed by atoms with E-state index in [1.165, 1.54) is 22.7 Å². The summed E-state index contributed by atoms with van der Waals surface area (Å²) in [5.74, 6) is 0. The zero-order valence-electron chi connectivity index (χ0n) is 14.4. The maximum Gasteiger partial charge on any atom is 2.00 e. The zero-order valence-corrected chi connectivity index (χ0v) is 18.5. The largest absolute Gasteiger partial charge is 2.00 e. The summed E-state index contributed by atoms with van der Waals surface area (Å²) in [7, 11) is 0. The molecular weight excluding hydrogens is 428 g/mol. The van der Waals surface area contributed by atoms with Gasteiger partial charge in [-0.15, -0.1) is 35.5 Å².